The van der Waals surface area contributed by atoms with Gasteiger partial charge < -0.3 is 9.64 Å². The number of benzene rings is 1. The number of methoxy groups -OCH3 is 1. The van der Waals surface area contributed by atoms with Crippen LogP contribution in [-0.4, -0.2) is 25.5 Å². The maximum atomic E-state index is 12.2. The summed E-state index contributed by atoms with van der Waals surface area (Å²) in [5.74, 6) is -0.372. The van der Waals surface area contributed by atoms with Crippen LogP contribution in [0.25, 0.3) is 0 Å². The van der Waals surface area contributed by atoms with Crippen molar-refractivity contribution in [1.29, 1.82) is 0 Å². The van der Waals surface area contributed by atoms with Crippen molar-refractivity contribution in [3.05, 3.63) is 29.8 Å². The Morgan fingerprint density at radius 3 is 2.63 bits per heavy atom. The summed E-state index contributed by atoms with van der Waals surface area (Å²) in [6.07, 6.45) is 0.325. The highest BCUT2D eigenvalue weighted by molar-refractivity contribution is 5.97. The first kappa shape index (κ1) is 13.6. The predicted molar refractivity (Wildman–Crippen MR) is 73.1 cm³/mol. The molecule has 0 aliphatic carbocycles. The smallest absolute Gasteiger partial charge is 0.306 e. The van der Waals surface area contributed by atoms with Crippen molar-refractivity contribution in [1.82, 2.24) is 0 Å². The third kappa shape index (κ3) is 2.62. The molecule has 4 nitrogen and oxygen atoms in total. The van der Waals surface area contributed by atoms with E-state index in [1.54, 1.807) is 4.90 Å². The SMILES string of the molecule is COC(=O)CCC(=O)N1CC(C)(C)c2ccccc21. The van der Waals surface area contributed by atoms with Crippen LogP contribution in [0.15, 0.2) is 24.3 Å². The summed E-state index contributed by atoms with van der Waals surface area (Å²) in [6, 6.07) is 7.94. The fourth-order valence-electron chi connectivity index (χ4n) is 2.52. The van der Waals surface area contributed by atoms with E-state index in [0.717, 1.165) is 5.69 Å². The van der Waals surface area contributed by atoms with E-state index in [1.165, 1.54) is 12.7 Å². The van der Waals surface area contributed by atoms with Gasteiger partial charge in [-0.15, -0.1) is 0 Å². The molecule has 0 fully saturated rings. The van der Waals surface area contributed by atoms with Gasteiger partial charge in [0.1, 0.15) is 0 Å². The van der Waals surface area contributed by atoms with E-state index in [9.17, 15) is 9.59 Å². The molecule has 0 unspecified atom stereocenters. The Bertz CT molecular complexity index is 508. The summed E-state index contributed by atoms with van der Waals surface area (Å²) in [4.78, 5) is 25.1. The lowest BCUT2D eigenvalue weighted by atomic mass is 9.87. The van der Waals surface area contributed by atoms with Crippen molar-refractivity contribution < 1.29 is 14.3 Å². The van der Waals surface area contributed by atoms with Crippen molar-refractivity contribution in [3.8, 4) is 0 Å². The van der Waals surface area contributed by atoms with Crippen molar-refractivity contribution in [2.75, 3.05) is 18.6 Å². The molecule has 1 aliphatic heterocycles. The molecule has 1 aromatic rings. The first-order chi connectivity index (χ1) is 8.95. The topological polar surface area (TPSA) is 46.6 Å². The number of hydrogen-bond donors (Lipinski definition) is 0. The molecular formula is C15H19NO3. The van der Waals surface area contributed by atoms with E-state index >= 15 is 0 Å². The highest BCUT2D eigenvalue weighted by atomic mass is 16.5. The van der Waals surface area contributed by atoms with Gasteiger partial charge in [-0.25, -0.2) is 0 Å². The quantitative estimate of drug-likeness (QED) is 0.784. The maximum Gasteiger partial charge on any atom is 0.306 e. The molecule has 0 bridgehead atoms. The molecule has 1 aromatic carbocycles. The third-order valence-corrected chi connectivity index (χ3v) is 3.55. The summed E-state index contributed by atoms with van der Waals surface area (Å²) in [6.45, 7) is 4.91. The number of rotatable bonds is 3. The minimum absolute atomic E-state index is 0.0246. The number of nitrogens with zero attached hydrogens (tertiary/aromatic N) is 1. The number of esters is 1. The van der Waals surface area contributed by atoms with Gasteiger partial charge in [0.05, 0.1) is 13.5 Å². The average Bonchev–Trinajstić information content (AvgIpc) is 2.68. The Morgan fingerprint density at radius 2 is 1.95 bits per heavy atom. The van der Waals surface area contributed by atoms with Crippen LogP contribution in [0, 0.1) is 0 Å². The lowest BCUT2D eigenvalue weighted by molar-refractivity contribution is -0.141. The molecular weight excluding hydrogens is 242 g/mol. The van der Waals surface area contributed by atoms with Gasteiger partial charge in [-0.05, 0) is 11.6 Å². The van der Waals surface area contributed by atoms with Gasteiger partial charge in [-0.3, -0.25) is 9.59 Å². The van der Waals surface area contributed by atoms with Crippen LogP contribution in [0.3, 0.4) is 0 Å². The molecule has 19 heavy (non-hydrogen) atoms. The molecule has 1 aliphatic rings. The van der Waals surface area contributed by atoms with Gasteiger partial charge in [-0.1, -0.05) is 32.0 Å². The van der Waals surface area contributed by atoms with Gasteiger partial charge in [0, 0.05) is 24.1 Å². The Hall–Kier alpha value is -1.84. The zero-order valence-corrected chi connectivity index (χ0v) is 11.6. The highest BCUT2D eigenvalue weighted by Crippen LogP contribution is 2.40. The number of para-hydroxylation sites is 1. The van der Waals surface area contributed by atoms with E-state index in [1.807, 2.05) is 18.2 Å². The third-order valence-electron chi connectivity index (χ3n) is 3.55. The van der Waals surface area contributed by atoms with Gasteiger partial charge in [0.15, 0.2) is 0 Å². The Balaban J connectivity index is 2.15. The molecule has 4 heteroatoms. The van der Waals surface area contributed by atoms with Crippen LogP contribution >= 0.6 is 0 Å². The van der Waals surface area contributed by atoms with Gasteiger partial charge in [0.2, 0.25) is 5.91 Å². The summed E-state index contributed by atoms with van der Waals surface area (Å²) < 4.78 is 4.56. The molecule has 1 heterocycles. The number of hydrogen-bond acceptors (Lipinski definition) is 3. The van der Waals surface area contributed by atoms with Crippen LogP contribution in [0.4, 0.5) is 5.69 Å². The van der Waals surface area contributed by atoms with Crippen LogP contribution in [0.2, 0.25) is 0 Å². The second-order valence-corrected chi connectivity index (χ2v) is 5.46. The monoisotopic (exact) mass is 261 g/mol. The first-order valence-corrected chi connectivity index (χ1v) is 6.42. The Morgan fingerprint density at radius 1 is 1.26 bits per heavy atom. The van der Waals surface area contributed by atoms with Crippen molar-refractivity contribution in [3.63, 3.8) is 0 Å². The van der Waals surface area contributed by atoms with Crippen LogP contribution in [0.1, 0.15) is 32.3 Å². The van der Waals surface area contributed by atoms with E-state index in [2.05, 4.69) is 24.7 Å². The minimum atomic E-state index is -0.347. The molecule has 0 spiro atoms. The van der Waals surface area contributed by atoms with Crippen molar-refractivity contribution in [2.45, 2.75) is 32.1 Å². The lowest BCUT2D eigenvalue weighted by Gasteiger charge is -2.20. The number of fused-ring (bicyclic) bond motifs is 1. The molecule has 0 atom stereocenters. The lowest BCUT2D eigenvalue weighted by Crippen LogP contribution is -2.34. The van der Waals surface area contributed by atoms with Crippen molar-refractivity contribution in [2.24, 2.45) is 0 Å². The maximum absolute atomic E-state index is 12.2. The molecule has 0 saturated carbocycles. The fraction of sp³-hybridized carbons (Fsp3) is 0.467. The molecule has 0 aromatic heterocycles. The average molecular weight is 261 g/mol. The summed E-state index contributed by atoms with van der Waals surface area (Å²) in [5.41, 5.74) is 2.10. The number of ether oxygens (including phenoxy) is 1. The van der Waals surface area contributed by atoms with E-state index in [4.69, 9.17) is 0 Å². The first-order valence-electron chi connectivity index (χ1n) is 6.42. The Kier molecular flexibility index (Phi) is 3.60. The summed E-state index contributed by atoms with van der Waals surface area (Å²) >= 11 is 0. The van der Waals surface area contributed by atoms with E-state index < -0.39 is 0 Å². The van der Waals surface area contributed by atoms with Gasteiger partial charge in [0.25, 0.3) is 0 Å². The van der Waals surface area contributed by atoms with Gasteiger partial charge >= 0.3 is 5.97 Å². The minimum Gasteiger partial charge on any atom is -0.469 e. The molecule has 0 saturated heterocycles. The number of anilines is 1. The standard InChI is InChI=1S/C15H19NO3/c1-15(2)10-16(12-7-5-4-6-11(12)15)13(17)8-9-14(18)19-3/h4-7H,8-10H2,1-3H3. The molecule has 102 valence electrons. The Labute approximate surface area is 113 Å². The van der Waals surface area contributed by atoms with Crippen LogP contribution < -0.4 is 4.90 Å². The van der Waals surface area contributed by atoms with E-state index in [0.29, 0.717) is 6.54 Å². The number of amides is 1. The van der Waals surface area contributed by atoms with Crippen LogP contribution in [0.5, 0.6) is 0 Å². The predicted octanol–water partition coefficient (Wildman–Crippen LogP) is 2.26. The molecule has 0 radical (unpaired) electrons. The zero-order chi connectivity index (χ0) is 14.0. The number of carbonyl (C=O) groups excluding carboxylic acids is 2. The summed E-state index contributed by atoms with van der Waals surface area (Å²) in [7, 11) is 1.33. The van der Waals surface area contributed by atoms with E-state index in [-0.39, 0.29) is 30.1 Å². The van der Waals surface area contributed by atoms with Gasteiger partial charge in [-0.2, -0.15) is 0 Å². The fourth-order valence-corrected chi connectivity index (χ4v) is 2.52. The van der Waals surface area contributed by atoms with Crippen molar-refractivity contribution >= 4 is 17.6 Å². The largest absolute Gasteiger partial charge is 0.469 e. The van der Waals surface area contributed by atoms with Crippen LogP contribution in [-0.2, 0) is 19.7 Å². The molecule has 0 N–H and O–H groups in total. The number of carbonyl (C=O) groups is 2. The summed E-state index contributed by atoms with van der Waals surface area (Å²) in [5, 5.41) is 0. The molecule has 1 amide bonds. The zero-order valence-electron chi connectivity index (χ0n) is 11.6. The highest BCUT2D eigenvalue weighted by Gasteiger charge is 2.37. The molecule has 2 rings (SSSR count). The second-order valence-electron chi connectivity index (χ2n) is 5.46. The normalized spacial score (nSPS) is 16.1. The second kappa shape index (κ2) is 5.03.